The first kappa shape index (κ1) is 20.2. The van der Waals surface area contributed by atoms with Crippen molar-refractivity contribution in [3.8, 4) is 0 Å². The minimum Gasteiger partial charge on any atom is -0.463 e. The fourth-order valence-electron chi connectivity index (χ4n) is 3.27. The van der Waals surface area contributed by atoms with Crippen LogP contribution in [-0.4, -0.2) is 28.3 Å². The number of allylic oxidation sites excluding steroid dienone is 1. The zero-order valence-corrected chi connectivity index (χ0v) is 17.4. The van der Waals surface area contributed by atoms with Crippen LogP contribution in [0.15, 0.2) is 45.5 Å². The highest BCUT2D eigenvalue weighted by atomic mass is 32.2. The van der Waals surface area contributed by atoms with Crippen LogP contribution in [0.1, 0.15) is 49.8 Å². The van der Waals surface area contributed by atoms with Crippen molar-refractivity contribution in [2.24, 2.45) is 0 Å². The number of fused-ring (bicyclic) bond motifs is 1. The molecule has 0 saturated heterocycles. The molecule has 0 radical (unpaired) electrons. The molecule has 1 aromatic carbocycles. The van der Waals surface area contributed by atoms with E-state index in [1.807, 2.05) is 38.1 Å². The van der Waals surface area contributed by atoms with Crippen LogP contribution >= 0.6 is 11.8 Å². The molecule has 7 heteroatoms. The maximum absolute atomic E-state index is 13.0. The van der Waals surface area contributed by atoms with Gasteiger partial charge in [0.2, 0.25) is 0 Å². The Balaban J connectivity index is 2.18. The number of nitrogens with one attached hydrogen (secondary N) is 2. The summed E-state index contributed by atoms with van der Waals surface area (Å²) in [7, 11) is 0. The monoisotopic (exact) mass is 399 g/mol. The van der Waals surface area contributed by atoms with Gasteiger partial charge >= 0.3 is 5.97 Å². The van der Waals surface area contributed by atoms with Crippen LogP contribution in [0, 0.1) is 6.92 Å². The molecule has 2 heterocycles. The summed E-state index contributed by atoms with van der Waals surface area (Å²) in [5.41, 5.74) is 3.27. The fourth-order valence-corrected chi connectivity index (χ4v) is 3.99. The molecule has 28 heavy (non-hydrogen) atoms. The van der Waals surface area contributed by atoms with Crippen molar-refractivity contribution < 1.29 is 9.53 Å². The molecule has 0 amide bonds. The maximum Gasteiger partial charge on any atom is 0.336 e. The molecule has 2 aromatic rings. The lowest BCUT2D eigenvalue weighted by atomic mass is 9.82. The molecule has 0 spiro atoms. The lowest BCUT2D eigenvalue weighted by Gasteiger charge is -2.28. The van der Waals surface area contributed by atoms with E-state index in [1.54, 1.807) is 6.92 Å². The van der Waals surface area contributed by atoms with Gasteiger partial charge in [-0.2, -0.15) is 0 Å². The third-order valence-electron chi connectivity index (χ3n) is 4.57. The molecular weight excluding hydrogens is 374 g/mol. The molecule has 0 aliphatic carbocycles. The van der Waals surface area contributed by atoms with Gasteiger partial charge in [-0.25, -0.2) is 9.78 Å². The average molecular weight is 400 g/mol. The number of rotatable bonds is 6. The first-order chi connectivity index (χ1) is 13.5. The molecule has 1 aliphatic rings. The summed E-state index contributed by atoms with van der Waals surface area (Å²) >= 11 is 1.51. The molecule has 0 fully saturated rings. The van der Waals surface area contributed by atoms with Gasteiger partial charge < -0.3 is 15.0 Å². The quantitative estimate of drug-likeness (QED) is 0.434. The van der Waals surface area contributed by atoms with E-state index in [9.17, 15) is 9.59 Å². The lowest BCUT2D eigenvalue weighted by molar-refractivity contribution is -0.138. The number of hydrogen-bond acceptors (Lipinski definition) is 6. The van der Waals surface area contributed by atoms with Gasteiger partial charge in [0.05, 0.1) is 23.7 Å². The van der Waals surface area contributed by atoms with Gasteiger partial charge in [-0.3, -0.25) is 4.79 Å². The predicted molar refractivity (Wildman–Crippen MR) is 112 cm³/mol. The van der Waals surface area contributed by atoms with Crippen molar-refractivity contribution in [1.29, 1.82) is 0 Å². The van der Waals surface area contributed by atoms with E-state index in [1.165, 1.54) is 11.8 Å². The molecule has 1 aromatic heterocycles. The van der Waals surface area contributed by atoms with Gasteiger partial charge in [-0.1, -0.05) is 48.5 Å². The van der Waals surface area contributed by atoms with Crippen molar-refractivity contribution in [2.45, 2.75) is 45.2 Å². The van der Waals surface area contributed by atoms with Crippen molar-refractivity contribution in [1.82, 2.24) is 9.97 Å². The van der Waals surface area contributed by atoms with Crippen LogP contribution in [0.4, 0.5) is 5.82 Å². The summed E-state index contributed by atoms with van der Waals surface area (Å²) in [4.78, 5) is 33.2. The zero-order chi connectivity index (χ0) is 20.3. The number of aromatic amines is 1. The topological polar surface area (TPSA) is 84.1 Å². The zero-order valence-electron chi connectivity index (χ0n) is 16.6. The predicted octanol–water partition coefficient (Wildman–Crippen LogP) is 3.97. The van der Waals surface area contributed by atoms with Crippen LogP contribution in [-0.2, 0) is 9.53 Å². The number of carbonyl (C=O) groups excluding carboxylic acids is 1. The van der Waals surface area contributed by atoms with Crippen molar-refractivity contribution in [3.05, 3.63) is 62.6 Å². The Morgan fingerprint density at radius 1 is 1.21 bits per heavy atom. The highest BCUT2D eigenvalue weighted by molar-refractivity contribution is 7.99. The number of nitrogens with zero attached hydrogens (tertiary/aromatic N) is 1. The van der Waals surface area contributed by atoms with Crippen molar-refractivity contribution >= 4 is 23.5 Å². The van der Waals surface area contributed by atoms with E-state index in [2.05, 4.69) is 22.2 Å². The van der Waals surface area contributed by atoms with Crippen LogP contribution < -0.4 is 10.9 Å². The summed E-state index contributed by atoms with van der Waals surface area (Å²) in [6.07, 6.45) is 0.983. The molecule has 148 valence electrons. The number of ether oxygens (including phenoxy) is 1. The third-order valence-corrected chi connectivity index (χ3v) is 5.65. The lowest BCUT2D eigenvalue weighted by Crippen LogP contribution is -2.31. The van der Waals surface area contributed by atoms with Gasteiger partial charge in [-0.05, 0) is 32.8 Å². The largest absolute Gasteiger partial charge is 0.463 e. The molecular formula is C21H25N3O3S. The van der Waals surface area contributed by atoms with Gasteiger partial charge in [0.1, 0.15) is 5.82 Å². The minimum atomic E-state index is -0.530. The number of H-pyrrole nitrogens is 1. The van der Waals surface area contributed by atoms with Crippen molar-refractivity contribution in [2.75, 3.05) is 17.7 Å². The second-order valence-electron chi connectivity index (χ2n) is 6.71. The summed E-state index contributed by atoms with van der Waals surface area (Å²) in [5.74, 6) is 0.412. The normalized spacial score (nSPS) is 15.8. The Morgan fingerprint density at radius 2 is 1.93 bits per heavy atom. The number of aromatic nitrogens is 2. The average Bonchev–Trinajstić information content (AvgIpc) is 2.66. The number of aryl methyl sites for hydroxylation is 1. The first-order valence-corrected chi connectivity index (χ1v) is 10.4. The molecule has 0 unspecified atom stereocenters. The van der Waals surface area contributed by atoms with E-state index in [0.29, 0.717) is 27.8 Å². The van der Waals surface area contributed by atoms with Gasteiger partial charge in [0, 0.05) is 11.4 Å². The van der Waals surface area contributed by atoms with Crippen LogP contribution in [0.5, 0.6) is 0 Å². The molecule has 0 saturated carbocycles. The summed E-state index contributed by atoms with van der Waals surface area (Å²) in [6.45, 7) is 7.93. The number of esters is 1. The Morgan fingerprint density at radius 3 is 2.57 bits per heavy atom. The second kappa shape index (κ2) is 8.65. The standard InChI is InChI=1S/C21H25N3O3S/c1-5-11-28-21-23-18-17(19(25)24-21)16(14-9-7-12(3)8-10-14)15(13(4)22-18)20(26)27-6-2/h7-10,16H,5-6,11H2,1-4H3,(H2,22,23,24,25)/t16-/m0/s1. The molecule has 1 atom stereocenters. The van der Waals surface area contributed by atoms with Crippen LogP contribution in [0.25, 0.3) is 0 Å². The number of carbonyl (C=O) groups is 1. The van der Waals surface area contributed by atoms with E-state index in [0.717, 1.165) is 23.3 Å². The minimum absolute atomic E-state index is 0.240. The number of anilines is 1. The Kier molecular flexibility index (Phi) is 6.24. The summed E-state index contributed by atoms with van der Waals surface area (Å²) < 4.78 is 5.29. The Bertz CT molecular complexity index is 964. The smallest absolute Gasteiger partial charge is 0.336 e. The number of hydrogen-bond donors (Lipinski definition) is 2. The molecule has 2 N–H and O–H groups in total. The Hall–Kier alpha value is -2.54. The second-order valence-corrected chi connectivity index (χ2v) is 7.79. The van der Waals surface area contributed by atoms with E-state index < -0.39 is 11.9 Å². The highest BCUT2D eigenvalue weighted by Gasteiger charge is 2.36. The Labute approximate surface area is 168 Å². The van der Waals surface area contributed by atoms with Crippen molar-refractivity contribution in [3.63, 3.8) is 0 Å². The van der Waals surface area contributed by atoms with Gasteiger partial charge in [0.25, 0.3) is 5.56 Å². The van der Waals surface area contributed by atoms with Gasteiger partial charge in [-0.15, -0.1) is 0 Å². The highest BCUT2D eigenvalue weighted by Crippen LogP contribution is 2.40. The summed E-state index contributed by atoms with van der Waals surface area (Å²) in [6, 6.07) is 7.84. The number of thioether (sulfide) groups is 1. The van der Waals surface area contributed by atoms with E-state index in [-0.39, 0.29) is 12.2 Å². The molecule has 3 rings (SSSR count). The van der Waals surface area contributed by atoms with Crippen LogP contribution in [0.3, 0.4) is 0 Å². The molecule has 0 bridgehead atoms. The molecule has 6 nitrogen and oxygen atoms in total. The van der Waals surface area contributed by atoms with E-state index in [4.69, 9.17) is 4.74 Å². The van der Waals surface area contributed by atoms with Gasteiger partial charge in [0.15, 0.2) is 5.16 Å². The maximum atomic E-state index is 13.0. The number of benzene rings is 1. The fraction of sp³-hybridized carbons (Fsp3) is 0.381. The van der Waals surface area contributed by atoms with Crippen LogP contribution in [0.2, 0.25) is 0 Å². The summed E-state index contributed by atoms with van der Waals surface area (Å²) in [5, 5.41) is 3.73. The first-order valence-electron chi connectivity index (χ1n) is 9.44. The SMILES string of the molecule is CCCSc1nc2c(c(=O)[nH]1)[C@@H](c1ccc(C)cc1)C(C(=O)OCC)=C(C)N2. The third kappa shape index (κ3) is 3.99. The molecule has 1 aliphatic heterocycles. The van der Waals surface area contributed by atoms with E-state index >= 15 is 0 Å².